The molecule has 1 N–H and O–H groups in total. The van der Waals surface area contributed by atoms with Gasteiger partial charge in [0.1, 0.15) is 11.3 Å². The molecule has 0 saturated heterocycles. The number of nitrogens with one attached hydrogen (secondary N) is 1. The highest BCUT2D eigenvalue weighted by Gasteiger charge is 2.28. The Balaban J connectivity index is 2.94. The summed E-state index contributed by atoms with van der Waals surface area (Å²) in [6.07, 6.45) is 1.76. The van der Waals surface area contributed by atoms with E-state index in [9.17, 15) is 9.59 Å². The van der Waals surface area contributed by atoms with Gasteiger partial charge >= 0.3 is 5.97 Å². The maximum Gasteiger partial charge on any atom is 0.349 e. The van der Waals surface area contributed by atoms with Gasteiger partial charge in [0.2, 0.25) is 0 Å². The van der Waals surface area contributed by atoms with Gasteiger partial charge in [-0.05, 0) is 13.3 Å². The quantitative estimate of drug-likeness (QED) is 0.259. The summed E-state index contributed by atoms with van der Waals surface area (Å²) in [4.78, 5) is 28.9. The van der Waals surface area contributed by atoms with Crippen LogP contribution in [0.25, 0.3) is 0 Å². The van der Waals surface area contributed by atoms with Gasteiger partial charge in [-0.2, -0.15) is 0 Å². The average molecular weight is 269 g/mol. The smallest absolute Gasteiger partial charge is 0.349 e. The van der Waals surface area contributed by atoms with Crippen LogP contribution in [0, 0.1) is 0 Å². The Morgan fingerprint density at radius 1 is 1.42 bits per heavy atom. The van der Waals surface area contributed by atoms with Gasteiger partial charge < -0.3 is 9.47 Å². The molecule has 1 aliphatic heterocycles. The lowest BCUT2D eigenvalue weighted by Gasteiger charge is -2.19. The fraction of sp³-hybridized carbons (Fsp3) is 0.538. The molecule has 0 aromatic heterocycles. The highest BCUT2D eigenvalue weighted by molar-refractivity contribution is 6.24. The number of esters is 1. The first-order valence-corrected chi connectivity index (χ1v) is 6.18. The van der Waals surface area contributed by atoms with E-state index >= 15 is 0 Å². The summed E-state index contributed by atoms with van der Waals surface area (Å²) in [5.41, 5.74) is 2.94. The zero-order valence-electron chi connectivity index (χ0n) is 11.6. The molecule has 0 bridgehead atoms. The van der Waals surface area contributed by atoms with Gasteiger partial charge in [0.05, 0.1) is 5.70 Å². The molecule has 1 atom stereocenters. The second-order valence-electron chi connectivity index (χ2n) is 3.95. The maximum atomic E-state index is 11.9. The van der Waals surface area contributed by atoms with E-state index in [0.717, 1.165) is 0 Å². The molecule has 0 amide bonds. The number of ether oxygens (including phenoxy) is 2. The van der Waals surface area contributed by atoms with Gasteiger partial charge in [-0.3, -0.25) is 10.3 Å². The average Bonchev–Trinajstić information content (AvgIpc) is 2.40. The fourth-order valence-electron chi connectivity index (χ4n) is 1.47. The zero-order chi connectivity index (χ0) is 14.4. The first kappa shape index (κ1) is 15.4. The van der Waals surface area contributed by atoms with Gasteiger partial charge in [0.15, 0.2) is 12.1 Å². The molecule has 1 heterocycles. The van der Waals surface area contributed by atoms with Gasteiger partial charge in [0.25, 0.3) is 0 Å². The van der Waals surface area contributed by atoms with E-state index in [-0.39, 0.29) is 11.4 Å². The van der Waals surface area contributed by atoms with Crippen molar-refractivity contribution >= 4 is 11.8 Å². The van der Waals surface area contributed by atoms with E-state index in [1.807, 2.05) is 6.92 Å². The highest BCUT2D eigenvalue weighted by atomic mass is 16.8. The number of methoxy groups -OCH3 is 1. The summed E-state index contributed by atoms with van der Waals surface area (Å²) < 4.78 is 9.95. The predicted octanol–water partition coefficient (Wildman–Crippen LogP) is 1.58. The van der Waals surface area contributed by atoms with Crippen molar-refractivity contribution in [3.63, 3.8) is 0 Å². The molecule has 106 valence electrons. The molecule has 0 aromatic carbocycles. The number of hydroxylamine groups is 1. The Kier molecular flexibility index (Phi) is 5.72. The van der Waals surface area contributed by atoms with Crippen molar-refractivity contribution in [3.8, 4) is 0 Å². The van der Waals surface area contributed by atoms with Gasteiger partial charge in [-0.15, -0.1) is 0 Å². The molecule has 1 rings (SSSR count). The minimum absolute atomic E-state index is 0.0250. The SMILES string of the molecule is CCC1=CC(=O)/C(=C(\CC)NOC(C)OC)C(=O)O1. The van der Waals surface area contributed by atoms with Crippen LogP contribution in [-0.4, -0.2) is 25.2 Å². The third-order valence-electron chi connectivity index (χ3n) is 2.65. The van der Waals surface area contributed by atoms with Crippen LogP contribution in [0.5, 0.6) is 0 Å². The van der Waals surface area contributed by atoms with E-state index in [2.05, 4.69) is 5.48 Å². The summed E-state index contributed by atoms with van der Waals surface area (Å²) in [5, 5.41) is 0. The summed E-state index contributed by atoms with van der Waals surface area (Å²) in [6, 6.07) is 0. The van der Waals surface area contributed by atoms with Crippen LogP contribution in [0.15, 0.2) is 23.1 Å². The van der Waals surface area contributed by atoms with Gasteiger partial charge in [-0.25, -0.2) is 9.63 Å². The molecule has 1 unspecified atom stereocenters. The normalized spacial score (nSPS) is 19.7. The molecule has 0 spiro atoms. The largest absolute Gasteiger partial charge is 0.427 e. The lowest BCUT2D eigenvalue weighted by atomic mass is 10.0. The summed E-state index contributed by atoms with van der Waals surface area (Å²) in [5.74, 6) is -0.645. The number of hydrogen-bond donors (Lipinski definition) is 1. The number of carbonyl (C=O) groups is 2. The Labute approximate surface area is 112 Å². The van der Waals surface area contributed by atoms with Crippen molar-refractivity contribution < 1.29 is 23.9 Å². The molecule has 0 aromatic rings. The molecule has 0 saturated carbocycles. The number of hydrogen-bond acceptors (Lipinski definition) is 6. The summed E-state index contributed by atoms with van der Waals surface area (Å²) in [7, 11) is 1.49. The first-order chi connectivity index (χ1) is 9.03. The highest BCUT2D eigenvalue weighted by Crippen LogP contribution is 2.20. The topological polar surface area (TPSA) is 73.9 Å². The molecule has 6 heteroatoms. The van der Waals surface area contributed by atoms with E-state index < -0.39 is 12.3 Å². The van der Waals surface area contributed by atoms with Crippen LogP contribution >= 0.6 is 0 Å². The van der Waals surface area contributed by atoms with E-state index in [1.165, 1.54) is 13.2 Å². The fourth-order valence-corrected chi connectivity index (χ4v) is 1.47. The van der Waals surface area contributed by atoms with E-state index in [4.69, 9.17) is 14.3 Å². The van der Waals surface area contributed by atoms with Crippen molar-refractivity contribution in [2.24, 2.45) is 0 Å². The van der Waals surface area contributed by atoms with Crippen LogP contribution in [0.2, 0.25) is 0 Å². The van der Waals surface area contributed by atoms with Crippen LogP contribution < -0.4 is 5.48 Å². The van der Waals surface area contributed by atoms with Crippen molar-refractivity contribution in [3.05, 3.63) is 23.1 Å². The Hall–Kier alpha value is -1.66. The van der Waals surface area contributed by atoms with Crippen molar-refractivity contribution in [2.45, 2.75) is 39.9 Å². The minimum Gasteiger partial charge on any atom is -0.427 e. The number of allylic oxidation sites excluding steroid dienone is 3. The second kappa shape index (κ2) is 7.06. The zero-order valence-corrected chi connectivity index (χ0v) is 11.6. The third-order valence-corrected chi connectivity index (χ3v) is 2.65. The molecule has 0 fully saturated rings. The predicted molar refractivity (Wildman–Crippen MR) is 67.5 cm³/mol. The van der Waals surface area contributed by atoms with Crippen LogP contribution in [0.3, 0.4) is 0 Å². The molecule has 6 nitrogen and oxygen atoms in total. The van der Waals surface area contributed by atoms with Gasteiger partial charge in [0, 0.05) is 19.6 Å². The second-order valence-corrected chi connectivity index (χ2v) is 3.95. The minimum atomic E-state index is -0.651. The Morgan fingerprint density at radius 2 is 2.11 bits per heavy atom. The molecule has 0 aliphatic carbocycles. The van der Waals surface area contributed by atoms with Crippen molar-refractivity contribution in [1.29, 1.82) is 0 Å². The first-order valence-electron chi connectivity index (χ1n) is 6.18. The monoisotopic (exact) mass is 269 g/mol. The molecular weight excluding hydrogens is 250 g/mol. The van der Waals surface area contributed by atoms with Crippen molar-refractivity contribution in [2.75, 3.05) is 7.11 Å². The number of ketones is 1. The van der Waals surface area contributed by atoms with E-state index in [0.29, 0.717) is 24.3 Å². The Bertz CT molecular complexity index is 425. The van der Waals surface area contributed by atoms with E-state index in [1.54, 1.807) is 13.8 Å². The summed E-state index contributed by atoms with van der Waals surface area (Å²) >= 11 is 0. The lowest BCUT2D eigenvalue weighted by Crippen LogP contribution is -2.29. The molecular formula is C13H19NO5. The number of rotatable bonds is 6. The number of carbonyl (C=O) groups excluding carboxylic acids is 2. The Morgan fingerprint density at radius 3 is 2.58 bits per heavy atom. The molecule has 0 radical (unpaired) electrons. The molecule has 19 heavy (non-hydrogen) atoms. The maximum absolute atomic E-state index is 11.9. The van der Waals surface area contributed by atoms with Crippen LogP contribution in [0.4, 0.5) is 0 Å². The van der Waals surface area contributed by atoms with Crippen LogP contribution in [0.1, 0.15) is 33.6 Å². The molecule has 1 aliphatic rings. The number of cyclic esters (lactones) is 1. The van der Waals surface area contributed by atoms with Crippen LogP contribution in [-0.2, 0) is 23.9 Å². The van der Waals surface area contributed by atoms with Crippen molar-refractivity contribution in [1.82, 2.24) is 5.48 Å². The van der Waals surface area contributed by atoms with Gasteiger partial charge in [-0.1, -0.05) is 13.8 Å². The lowest BCUT2D eigenvalue weighted by molar-refractivity contribution is -0.148. The third kappa shape index (κ3) is 3.90. The summed E-state index contributed by atoms with van der Waals surface area (Å²) in [6.45, 7) is 5.29. The standard InChI is InChI=1S/C13H19NO5/c1-5-9-7-11(15)12(13(16)18-9)10(6-2)14-19-8(3)17-4/h7-8,14H,5-6H2,1-4H3/b12-10-.